The molecule has 0 fully saturated rings. The van der Waals surface area contributed by atoms with Crippen LogP contribution in [-0.2, 0) is 6.54 Å². The fourth-order valence-corrected chi connectivity index (χ4v) is 2.56. The molecule has 0 amide bonds. The topological polar surface area (TPSA) is 68.0 Å². The number of aromatic carboxylic acids is 1. The highest BCUT2D eigenvalue weighted by molar-refractivity contribution is 6.35. The van der Waals surface area contributed by atoms with Crippen LogP contribution in [0.25, 0.3) is 11.0 Å². The van der Waals surface area contributed by atoms with Crippen molar-refractivity contribution < 1.29 is 9.90 Å². The van der Waals surface area contributed by atoms with Crippen LogP contribution < -0.4 is 0 Å². The lowest BCUT2D eigenvalue weighted by molar-refractivity contribution is 0.0691. The lowest BCUT2D eigenvalue weighted by Crippen LogP contribution is -2.05. The third kappa shape index (κ3) is 2.57. The number of hydrogen-bond donors (Lipinski definition) is 1. The molecule has 0 bridgehead atoms. The third-order valence-corrected chi connectivity index (χ3v) is 3.63. The van der Waals surface area contributed by atoms with Crippen molar-refractivity contribution in [2.45, 2.75) is 6.54 Å². The highest BCUT2D eigenvalue weighted by Gasteiger charge is 2.17. The van der Waals surface area contributed by atoms with Crippen LogP contribution in [0.3, 0.4) is 0 Å². The molecule has 0 aliphatic carbocycles. The average molecular weight is 322 g/mol. The molecule has 2 heterocycles. The number of carbonyl (C=O) groups is 1. The maximum absolute atomic E-state index is 11.2. The summed E-state index contributed by atoms with van der Waals surface area (Å²) in [4.78, 5) is 15.4. The summed E-state index contributed by atoms with van der Waals surface area (Å²) in [6.45, 7) is 0.316. The molecule has 0 saturated carbocycles. The predicted molar refractivity (Wildman–Crippen MR) is 80.1 cm³/mol. The molecule has 0 spiro atoms. The van der Waals surface area contributed by atoms with Gasteiger partial charge in [-0.05, 0) is 29.8 Å². The van der Waals surface area contributed by atoms with E-state index in [2.05, 4.69) is 10.1 Å². The van der Waals surface area contributed by atoms with E-state index in [1.165, 1.54) is 4.68 Å². The van der Waals surface area contributed by atoms with Gasteiger partial charge in [0.05, 0.1) is 11.9 Å². The molecule has 3 aromatic rings. The second-order valence-corrected chi connectivity index (χ2v) is 5.27. The number of carboxylic acids is 1. The molecule has 0 saturated heterocycles. The quantitative estimate of drug-likeness (QED) is 0.801. The second kappa shape index (κ2) is 5.35. The molecule has 2 aromatic heterocycles. The van der Waals surface area contributed by atoms with E-state index in [-0.39, 0.29) is 5.69 Å². The first-order chi connectivity index (χ1) is 10.1. The first-order valence-electron chi connectivity index (χ1n) is 6.05. The van der Waals surface area contributed by atoms with Gasteiger partial charge in [0.25, 0.3) is 0 Å². The lowest BCUT2D eigenvalue weighted by atomic mass is 10.2. The summed E-state index contributed by atoms with van der Waals surface area (Å²) in [5.74, 6) is -1.09. The van der Waals surface area contributed by atoms with Gasteiger partial charge < -0.3 is 5.11 Å². The van der Waals surface area contributed by atoms with Crippen LogP contribution in [0.4, 0.5) is 0 Å². The number of rotatable bonds is 3. The molecule has 0 aliphatic rings. The summed E-state index contributed by atoms with van der Waals surface area (Å²) < 4.78 is 1.52. The predicted octanol–water partition coefficient (Wildman–Crippen LogP) is 3.48. The SMILES string of the molecule is O=C(O)c1nn(Cc2ccc(Cl)cc2Cl)c2ncccc12. The van der Waals surface area contributed by atoms with Gasteiger partial charge in [0.1, 0.15) is 0 Å². The average Bonchev–Trinajstić information content (AvgIpc) is 2.81. The molecule has 0 unspecified atom stereocenters. The highest BCUT2D eigenvalue weighted by Crippen LogP contribution is 2.23. The van der Waals surface area contributed by atoms with Gasteiger partial charge in [-0.1, -0.05) is 29.3 Å². The van der Waals surface area contributed by atoms with Gasteiger partial charge in [0.15, 0.2) is 11.3 Å². The summed E-state index contributed by atoms with van der Waals surface area (Å²) in [5.41, 5.74) is 1.26. The normalized spacial score (nSPS) is 11.0. The Balaban J connectivity index is 2.10. The summed E-state index contributed by atoms with van der Waals surface area (Å²) in [6, 6.07) is 8.49. The zero-order valence-electron chi connectivity index (χ0n) is 10.6. The van der Waals surface area contributed by atoms with Crippen LogP contribution in [0.2, 0.25) is 10.0 Å². The molecule has 7 heteroatoms. The van der Waals surface area contributed by atoms with Gasteiger partial charge in [-0.3, -0.25) is 0 Å². The standard InChI is InChI=1S/C14H9Cl2N3O2/c15-9-4-3-8(11(16)6-9)7-19-13-10(2-1-5-17-13)12(18-19)14(20)21/h1-6H,7H2,(H,20,21). The van der Waals surface area contributed by atoms with Crippen LogP contribution >= 0.6 is 23.2 Å². The first kappa shape index (κ1) is 13.9. The van der Waals surface area contributed by atoms with E-state index in [9.17, 15) is 9.90 Å². The zero-order valence-corrected chi connectivity index (χ0v) is 12.1. The van der Waals surface area contributed by atoms with Crippen molar-refractivity contribution in [1.29, 1.82) is 0 Å². The zero-order chi connectivity index (χ0) is 15.0. The van der Waals surface area contributed by atoms with Gasteiger partial charge in [0, 0.05) is 16.2 Å². The molecular weight excluding hydrogens is 313 g/mol. The number of carboxylic acid groups (broad SMARTS) is 1. The minimum absolute atomic E-state index is 0.0248. The van der Waals surface area contributed by atoms with E-state index in [1.807, 2.05) is 0 Å². The molecule has 5 nitrogen and oxygen atoms in total. The number of aromatic nitrogens is 3. The molecule has 21 heavy (non-hydrogen) atoms. The van der Waals surface area contributed by atoms with Crippen molar-refractivity contribution in [2.75, 3.05) is 0 Å². The van der Waals surface area contributed by atoms with E-state index < -0.39 is 5.97 Å². The summed E-state index contributed by atoms with van der Waals surface area (Å²) in [5, 5.41) is 14.9. The molecular formula is C14H9Cl2N3O2. The Morgan fingerprint density at radius 3 is 2.81 bits per heavy atom. The maximum Gasteiger partial charge on any atom is 0.357 e. The van der Waals surface area contributed by atoms with Gasteiger partial charge in [-0.2, -0.15) is 5.10 Å². The fourth-order valence-electron chi connectivity index (χ4n) is 2.09. The highest BCUT2D eigenvalue weighted by atomic mass is 35.5. The third-order valence-electron chi connectivity index (χ3n) is 3.04. The Kier molecular flexibility index (Phi) is 3.53. The molecule has 0 atom stereocenters. The van der Waals surface area contributed by atoms with Gasteiger partial charge in [-0.25, -0.2) is 14.5 Å². The molecule has 0 radical (unpaired) electrons. The van der Waals surface area contributed by atoms with E-state index >= 15 is 0 Å². The summed E-state index contributed by atoms with van der Waals surface area (Å²) in [6.07, 6.45) is 1.59. The van der Waals surface area contributed by atoms with Crippen LogP contribution in [0.1, 0.15) is 16.1 Å². The minimum atomic E-state index is -1.09. The van der Waals surface area contributed by atoms with Gasteiger partial charge in [0.2, 0.25) is 0 Å². The lowest BCUT2D eigenvalue weighted by Gasteiger charge is -2.05. The van der Waals surface area contributed by atoms with E-state index in [4.69, 9.17) is 23.2 Å². The Bertz CT molecular complexity index is 845. The molecule has 1 N–H and O–H groups in total. The number of nitrogens with zero attached hydrogens (tertiary/aromatic N) is 3. The maximum atomic E-state index is 11.2. The smallest absolute Gasteiger partial charge is 0.357 e. The monoisotopic (exact) mass is 321 g/mol. The summed E-state index contributed by atoms with van der Waals surface area (Å²) in [7, 11) is 0. The largest absolute Gasteiger partial charge is 0.476 e. The van der Waals surface area contributed by atoms with Gasteiger partial charge in [-0.15, -0.1) is 0 Å². The van der Waals surface area contributed by atoms with E-state index in [0.717, 1.165) is 5.56 Å². The van der Waals surface area contributed by atoms with Crippen LogP contribution in [0.5, 0.6) is 0 Å². The number of fused-ring (bicyclic) bond motifs is 1. The molecule has 106 valence electrons. The molecule has 1 aromatic carbocycles. The van der Waals surface area contributed by atoms with Crippen LogP contribution in [0.15, 0.2) is 36.5 Å². The van der Waals surface area contributed by atoms with Crippen LogP contribution in [0, 0.1) is 0 Å². The van der Waals surface area contributed by atoms with Crippen molar-refractivity contribution in [1.82, 2.24) is 14.8 Å². The Morgan fingerprint density at radius 2 is 2.10 bits per heavy atom. The van der Waals surface area contributed by atoms with Gasteiger partial charge >= 0.3 is 5.97 Å². The van der Waals surface area contributed by atoms with Crippen molar-refractivity contribution in [3.8, 4) is 0 Å². The van der Waals surface area contributed by atoms with Crippen molar-refractivity contribution >= 4 is 40.2 Å². The number of benzene rings is 1. The van der Waals surface area contributed by atoms with Crippen molar-refractivity contribution in [2.24, 2.45) is 0 Å². The number of halogens is 2. The summed E-state index contributed by atoms with van der Waals surface area (Å²) >= 11 is 12.0. The number of pyridine rings is 1. The van der Waals surface area contributed by atoms with Crippen LogP contribution in [-0.4, -0.2) is 25.8 Å². The Morgan fingerprint density at radius 1 is 1.29 bits per heavy atom. The van der Waals surface area contributed by atoms with Crippen molar-refractivity contribution in [3.63, 3.8) is 0 Å². The second-order valence-electron chi connectivity index (χ2n) is 4.42. The Labute approximate surface area is 129 Å². The first-order valence-corrected chi connectivity index (χ1v) is 6.80. The molecule has 0 aliphatic heterocycles. The molecule has 3 rings (SSSR count). The Hall–Kier alpha value is -2.11. The van der Waals surface area contributed by atoms with E-state index in [1.54, 1.807) is 36.5 Å². The van der Waals surface area contributed by atoms with E-state index in [0.29, 0.717) is 27.6 Å². The fraction of sp³-hybridized carbons (Fsp3) is 0.0714. The number of hydrogen-bond acceptors (Lipinski definition) is 3. The van der Waals surface area contributed by atoms with Crippen molar-refractivity contribution in [3.05, 3.63) is 57.8 Å². The minimum Gasteiger partial charge on any atom is -0.476 e.